The van der Waals surface area contributed by atoms with Crippen molar-refractivity contribution < 1.29 is 0 Å². The van der Waals surface area contributed by atoms with Crippen molar-refractivity contribution in [2.24, 2.45) is 0 Å². The summed E-state index contributed by atoms with van der Waals surface area (Å²) in [5.41, 5.74) is 0. The third-order valence-corrected chi connectivity index (χ3v) is 0.752. The predicted octanol–water partition coefficient (Wildman–Crippen LogP) is 3.85. The second kappa shape index (κ2) is 8.54. The molecule has 0 rings (SSSR count). The zero-order valence-corrected chi connectivity index (χ0v) is 7.25. The molecule has 0 aromatic carbocycles. The Morgan fingerprint density at radius 3 is 1.00 bits per heavy atom. The highest BCUT2D eigenvalue weighted by molar-refractivity contribution is 6.31. The molecule has 0 fully saturated rings. The third-order valence-electron chi connectivity index (χ3n) is 0.443. The molecule has 0 aliphatic rings. The van der Waals surface area contributed by atoms with Crippen LogP contribution in [0.1, 0.15) is 0 Å². The Labute approximate surface area is 72.1 Å². The predicted molar refractivity (Wildman–Crippen MR) is 50.4 cm³/mol. The summed E-state index contributed by atoms with van der Waals surface area (Å²) in [5, 5.41) is 0.981. The van der Waals surface area contributed by atoms with Crippen LogP contribution in [-0.2, 0) is 0 Å². The quantitative estimate of drug-likeness (QED) is 0.562. The molecule has 0 aromatic heterocycles. The van der Waals surface area contributed by atoms with Crippen molar-refractivity contribution in [2.75, 3.05) is 0 Å². The number of rotatable bonds is 2. The Bertz CT molecular complexity index is 127. The summed E-state index contributed by atoms with van der Waals surface area (Å²) in [7, 11) is 0. The molecule has 0 nitrogen and oxygen atoms in total. The monoisotopic (exact) mass is 176 g/mol. The Kier molecular flexibility index (Phi) is 10.5. The molecule has 0 aliphatic heterocycles. The van der Waals surface area contributed by atoms with Crippen LogP contribution in [-0.4, -0.2) is 0 Å². The summed E-state index contributed by atoms with van der Waals surface area (Å²) in [6.45, 7) is 13.3. The van der Waals surface area contributed by atoms with Gasteiger partial charge in [0.1, 0.15) is 0 Å². The number of hydrogen-bond acceptors (Lipinski definition) is 0. The molecule has 0 bridgehead atoms. The van der Waals surface area contributed by atoms with Gasteiger partial charge in [0, 0.05) is 10.1 Å². The van der Waals surface area contributed by atoms with Gasteiger partial charge in [0.2, 0.25) is 0 Å². The number of halogens is 2. The molecule has 0 heterocycles. The Morgan fingerprint density at radius 1 is 0.900 bits per heavy atom. The second-order valence-corrected chi connectivity index (χ2v) is 2.27. The first kappa shape index (κ1) is 12.2. The van der Waals surface area contributed by atoms with Crippen molar-refractivity contribution in [3.63, 3.8) is 0 Å². The van der Waals surface area contributed by atoms with E-state index in [0.29, 0.717) is 10.1 Å². The molecule has 0 amide bonds. The van der Waals surface area contributed by atoms with Crippen LogP contribution >= 0.6 is 23.2 Å². The summed E-state index contributed by atoms with van der Waals surface area (Å²) in [5.74, 6) is 0. The molecule has 0 saturated carbocycles. The molecule has 0 radical (unpaired) electrons. The summed E-state index contributed by atoms with van der Waals surface area (Å²) in [6, 6.07) is 0. The molecule has 0 N–H and O–H groups in total. The normalized spacial score (nSPS) is 6.60. The molecule has 0 aliphatic carbocycles. The van der Waals surface area contributed by atoms with Gasteiger partial charge in [-0.25, -0.2) is 0 Å². The van der Waals surface area contributed by atoms with E-state index in [-0.39, 0.29) is 0 Å². The lowest BCUT2D eigenvalue weighted by atomic mass is 10.6. The van der Waals surface area contributed by atoms with Gasteiger partial charge in [-0.2, -0.15) is 0 Å². The van der Waals surface area contributed by atoms with Gasteiger partial charge in [-0.15, -0.1) is 0 Å². The van der Waals surface area contributed by atoms with Gasteiger partial charge in [-0.1, -0.05) is 61.7 Å². The Hall–Kier alpha value is -0.460. The van der Waals surface area contributed by atoms with Gasteiger partial charge in [-0.3, -0.25) is 0 Å². The SMILES string of the molecule is C=CC(=C)Cl.C=CC(=C)Cl. The van der Waals surface area contributed by atoms with Crippen LogP contribution < -0.4 is 0 Å². The molecule has 2 heteroatoms. The van der Waals surface area contributed by atoms with E-state index in [2.05, 4.69) is 26.3 Å². The fraction of sp³-hybridized carbons (Fsp3) is 0. The number of allylic oxidation sites excluding steroid dienone is 4. The fourth-order valence-electron chi connectivity index (χ4n) is 0. The topological polar surface area (TPSA) is 0 Å². The maximum atomic E-state index is 5.15. The lowest BCUT2D eigenvalue weighted by Crippen LogP contribution is -1.42. The van der Waals surface area contributed by atoms with Crippen molar-refractivity contribution in [3.8, 4) is 0 Å². The molecule has 56 valence electrons. The van der Waals surface area contributed by atoms with E-state index in [1.165, 1.54) is 12.2 Å². The second-order valence-electron chi connectivity index (χ2n) is 1.30. The molecular weight excluding hydrogens is 167 g/mol. The zero-order chi connectivity index (χ0) is 8.57. The highest BCUT2D eigenvalue weighted by Gasteiger charge is 1.63. The minimum Gasteiger partial charge on any atom is -0.0976 e. The highest BCUT2D eigenvalue weighted by Crippen LogP contribution is 1.93. The zero-order valence-electron chi connectivity index (χ0n) is 5.74. The Balaban J connectivity index is 0. The van der Waals surface area contributed by atoms with E-state index < -0.39 is 0 Å². The van der Waals surface area contributed by atoms with E-state index >= 15 is 0 Å². The maximum Gasteiger partial charge on any atom is 0.0328 e. The Morgan fingerprint density at radius 2 is 1.00 bits per heavy atom. The first-order valence-electron chi connectivity index (χ1n) is 2.48. The van der Waals surface area contributed by atoms with Crippen LogP contribution in [0.25, 0.3) is 0 Å². The van der Waals surface area contributed by atoms with Gasteiger partial charge in [0.15, 0.2) is 0 Å². The first-order chi connectivity index (χ1) is 4.54. The van der Waals surface area contributed by atoms with Crippen molar-refractivity contribution in [1.29, 1.82) is 0 Å². The van der Waals surface area contributed by atoms with Gasteiger partial charge >= 0.3 is 0 Å². The minimum absolute atomic E-state index is 0.491. The van der Waals surface area contributed by atoms with Gasteiger partial charge in [0.05, 0.1) is 0 Å². The van der Waals surface area contributed by atoms with Crippen LogP contribution in [0.2, 0.25) is 0 Å². The van der Waals surface area contributed by atoms with Crippen LogP contribution in [0.3, 0.4) is 0 Å². The summed E-state index contributed by atoms with van der Waals surface area (Å²) in [6.07, 6.45) is 2.98. The molecule has 0 unspecified atom stereocenters. The van der Waals surface area contributed by atoms with Crippen LogP contribution in [0.4, 0.5) is 0 Å². The molecule has 0 atom stereocenters. The molecular formula is C8H10Cl2. The van der Waals surface area contributed by atoms with E-state index in [1.807, 2.05) is 0 Å². The van der Waals surface area contributed by atoms with Crippen LogP contribution in [0, 0.1) is 0 Å². The van der Waals surface area contributed by atoms with E-state index in [1.54, 1.807) is 0 Å². The average molecular weight is 177 g/mol. The van der Waals surface area contributed by atoms with Crippen molar-refractivity contribution in [3.05, 3.63) is 48.5 Å². The van der Waals surface area contributed by atoms with Crippen molar-refractivity contribution in [1.82, 2.24) is 0 Å². The van der Waals surface area contributed by atoms with Crippen LogP contribution in [0.5, 0.6) is 0 Å². The summed E-state index contributed by atoms with van der Waals surface area (Å²) < 4.78 is 0. The summed E-state index contributed by atoms with van der Waals surface area (Å²) >= 11 is 10.3. The van der Waals surface area contributed by atoms with E-state index in [4.69, 9.17) is 23.2 Å². The fourth-order valence-corrected chi connectivity index (χ4v) is 0. The van der Waals surface area contributed by atoms with Gasteiger partial charge in [0.25, 0.3) is 0 Å². The maximum absolute atomic E-state index is 5.15. The standard InChI is InChI=1S/2C4H5Cl/c2*1-3-4(2)5/h2*3H,1-2H2. The van der Waals surface area contributed by atoms with Crippen LogP contribution in [0.15, 0.2) is 48.5 Å². The molecule has 0 saturated heterocycles. The van der Waals surface area contributed by atoms with Crippen molar-refractivity contribution >= 4 is 23.2 Å². The molecule has 0 aromatic rings. The van der Waals surface area contributed by atoms with Gasteiger partial charge in [-0.05, 0) is 0 Å². The third kappa shape index (κ3) is 25.7. The smallest absolute Gasteiger partial charge is 0.0328 e. The van der Waals surface area contributed by atoms with E-state index in [9.17, 15) is 0 Å². The summed E-state index contributed by atoms with van der Waals surface area (Å²) in [4.78, 5) is 0. The molecule has 0 spiro atoms. The van der Waals surface area contributed by atoms with Crippen molar-refractivity contribution in [2.45, 2.75) is 0 Å². The van der Waals surface area contributed by atoms with Gasteiger partial charge < -0.3 is 0 Å². The lowest BCUT2D eigenvalue weighted by Gasteiger charge is -1.67. The minimum atomic E-state index is 0.491. The average Bonchev–Trinajstić information content (AvgIpc) is 1.89. The van der Waals surface area contributed by atoms with E-state index in [0.717, 1.165) is 0 Å². The lowest BCUT2D eigenvalue weighted by molar-refractivity contribution is 2.04. The first-order valence-corrected chi connectivity index (χ1v) is 3.23. The number of hydrogen-bond donors (Lipinski definition) is 0. The largest absolute Gasteiger partial charge is 0.0976 e. The molecule has 10 heavy (non-hydrogen) atoms. The highest BCUT2D eigenvalue weighted by atomic mass is 35.5.